The van der Waals surface area contributed by atoms with Crippen LogP contribution in [0.15, 0.2) is 42.5 Å². The van der Waals surface area contributed by atoms with Gasteiger partial charge in [0.2, 0.25) is 5.01 Å². The Balaban J connectivity index is 1.30. The number of benzene rings is 2. The van der Waals surface area contributed by atoms with E-state index in [-0.39, 0.29) is 28.7 Å². The highest BCUT2D eigenvalue weighted by atomic mass is 32.1. The lowest BCUT2D eigenvalue weighted by Crippen LogP contribution is -2.40. The van der Waals surface area contributed by atoms with Gasteiger partial charge in [-0.3, -0.25) is 4.79 Å². The van der Waals surface area contributed by atoms with Gasteiger partial charge in [-0.05, 0) is 49.2 Å². The maximum absolute atomic E-state index is 13.0. The molecule has 0 bridgehead atoms. The van der Waals surface area contributed by atoms with E-state index < -0.39 is 0 Å². The number of ether oxygens (including phenoxy) is 2. The molecular weight excluding hydrogens is 461 g/mol. The quantitative estimate of drug-likeness (QED) is 0.538. The van der Waals surface area contributed by atoms with E-state index in [9.17, 15) is 14.0 Å². The van der Waals surface area contributed by atoms with Crippen molar-refractivity contribution in [1.82, 2.24) is 15.1 Å². The van der Waals surface area contributed by atoms with Gasteiger partial charge in [0.15, 0.2) is 11.5 Å². The van der Waals surface area contributed by atoms with Gasteiger partial charge in [-0.15, -0.1) is 10.2 Å². The van der Waals surface area contributed by atoms with Crippen molar-refractivity contribution < 1.29 is 23.5 Å². The second-order valence-electron chi connectivity index (χ2n) is 7.67. The van der Waals surface area contributed by atoms with Gasteiger partial charge in [0.1, 0.15) is 10.8 Å². The number of carbonyl (C=O) groups is 2. The van der Waals surface area contributed by atoms with Crippen molar-refractivity contribution in [2.75, 3.05) is 37.9 Å². The molecule has 34 heavy (non-hydrogen) atoms. The molecule has 2 heterocycles. The zero-order chi connectivity index (χ0) is 24.1. The van der Waals surface area contributed by atoms with Crippen LogP contribution in [0.2, 0.25) is 0 Å². The molecule has 1 aromatic heterocycles. The van der Waals surface area contributed by atoms with E-state index in [0.29, 0.717) is 48.8 Å². The number of halogens is 1. The number of methoxy groups -OCH3 is 2. The lowest BCUT2D eigenvalue weighted by Gasteiger charge is -2.31. The van der Waals surface area contributed by atoms with Crippen molar-refractivity contribution in [1.29, 1.82) is 0 Å². The van der Waals surface area contributed by atoms with E-state index in [0.717, 1.165) is 5.01 Å². The van der Waals surface area contributed by atoms with Gasteiger partial charge >= 0.3 is 6.03 Å². The third-order valence-corrected chi connectivity index (χ3v) is 6.59. The first kappa shape index (κ1) is 23.4. The minimum absolute atomic E-state index is 0.120. The monoisotopic (exact) mass is 485 g/mol. The second kappa shape index (κ2) is 10.5. The Morgan fingerprint density at radius 3 is 2.32 bits per heavy atom. The molecule has 3 amide bonds. The molecule has 0 radical (unpaired) electrons. The molecule has 0 atom stereocenters. The summed E-state index contributed by atoms with van der Waals surface area (Å²) in [5.74, 6) is 0.482. The van der Waals surface area contributed by atoms with Crippen molar-refractivity contribution in [2.24, 2.45) is 0 Å². The Kier molecular flexibility index (Phi) is 7.21. The summed E-state index contributed by atoms with van der Waals surface area (Å²) in [6.45, 7) is 1.11. The first-order valence-corrected chi connectivity index (χ1v) is 11.5. The van der Waals surface area contributed by atoms with Gasteiger partial charge < -0.3 is 25.0 Å². The molecule has 0 saturated carbocycles. The average molecular weight is 486 g/mol. The lowest BCUT2D eigenvalue weighted by molar-refractivity contribution is 0.102. The summed E-state index contributed by atoms with van der Waals surface area (Å²) in [6, 6.07) is 10.5. The van der Waals surface area contributed by atoms with Crippen LogP contribution >= 0.6 is 11.3 Å². The number of nitrogens with one attached hydrogen (secondary N) is 2. The summed E-state index contributed by atoms with van der Waals surface area (Å²) in [5.41, 5.74) is 1.10. The van der Waals surface area contributed by atoms with Crippen LogP contribution in [-0.2, 0) is 0 Å². The largest absolute Gasteiger partial charge is 0.493 e. The van der Waals surface area contributed by atoms with E-state index in [1.54, 1.807) is 37.3 Å². The maximum Gasteiger partial charge on any atom is 0.321 e. The number of hydrogen-bond acceptors (Lipinski definition) is 7. The third kappa shape index (κ3) is 5.42. The normalized spacial score (nSPS) is 13.9. The number of carbonyl (C=O) groups excluding carboxylic acids is 2. The number of hydrogen-bond donors (Lipinski definition) is 2. The SMILES string of the molecule is COc1ccc(NC(=O)N2CCC(c3nnc(C(=O)Nc4ccc(F)cc4)s3)CC2)cc1OC. The van der Waals surface area contributed by atoms with Gasteiger partial charge in [-0.25, -0.2) is 9.18 Å². The molecule has 178 valence electrons. The minimum atomic E-state index is -0.387. The van der Waals surface area contributed by atoms with Gasteiger partial charge in [-0.1, -0.05) is 11.3 Å². The number of aromatic nitrogens is 2. The molecule has 1 fully saturated rings. The Labute approximate surface area is 199 Å². The van der Waals surface area contributed by atoms with Crippen LogP contribution in [0.1, 0.15) is 33.6 Å². The summed E-state index contributed by atoms with van der Waals surface area (Å²) >= 11 is 1.24. The van der Waals surface area contributed by atoms with Crippen LogP contribution in [0.3, 0.4) is 0 Å². The smallest absolute Gasteiger partial charge is 0.321 e. The topological polar surface area (TPSA) is 106 Å². The number of likely N-dealkylation sites (tertiary alicyclic amines) is 1. The summed E-state index contributed by atoms with van der Waals surface area (Å²) in [6.07, 6.45) is 1.43. The molecular formula is C23H24FN5O4S. The van der Waals surface area contributed by atoms with E-state index in [4.69, 9.17) is 9.47 Å². The molecule has 2 aromatic carbocycles. The first-order valence-electron chi connectivity index (χ1n) is 10.6. The van der Waals surface area contributed by atoms with Crippen LogP contribution in [-0.4, -0.2) is 54.3 Å². The van der Waals surface area contributed by atoms with Crippen LogP contribution in [0.25, 0.3) is 0 Å². The highest BCUT2D eigenvalue weighted by molar-refractivity contribution is 7.13. The Morgan fingerprint density at radius 2 is 1.65 bits per heavy atom. The lowest BCUT2D eigenvalue weighted by atomic mass is 9.98. The van der Waals surface area contributed by atoms with E-state index >= 15 is 0 Å². The van der Waals surface area contributed by atoms with Crippen molar-refractivity contribution in [3.63, 3.8) is 0 Å². The summed E-state index contributed by atoms with van der Waals surface area (Å²) in [4.78, 5) is 26.9. The first-order chi connectivity index (χ1) is 16.5. The third-order valence-electron chi connectivity index (χ3n) is 5.50. The molecule has 2 N–H and O–H groups in total. The average Bonchev–Trinajstić information content (AvgIpc) is 3.36. The zero-order valence-electron chi connectivity index (χ0n) is 18.7. The standard InChI is InChI=1S/C23H24FN5O4S/c1-32-18-8-7-17(13-19(18)33-2)26-23(31)29-11-9-14(10-12-29)21-27-28-22(34-21)20(30)25-16-5-3-15(24)4-6-16/h3-8,13-14H,9-12H2,1-2H3,(H,25,30)(H,26,31). The number of amides is 3. The predicted octanol–water partition coefficient (Wildman–Crippen LogP) is 4.36. The van der Waals surface area contributed by atoms with Crippen LogP contribution in [0, 0.1) is 5.82 Å². The van der Waals surface area contributed by atoms with Gasteiger partial charge in [0.05, 0.1) is 14.2 Å². The van der Waals surface area contributed by atoms with Crippen LogP contribution in [0.4, 0.5) is 20.6 Å². The number of urea groups is 1. The Hall–Kier alpha value is -3.73. The summed E-state index contributed by atoms with van der Waals surface area (Å²) in [7, 11) is 3.10. The summed E-state index contributed by atoms with van der Waals surface area (Å²) < 4.78 is 23.5. The van der Waals surface area contributed by atoms with Gasteiger partial charge in [0.25, 0.3) is 5.91 Å². The molecule has 1 saturated heterocycles. The van der Waals surface area contributed by atoms with E-state index in [1.165, 1.54) is 35.6 Å². The van der Waals surface area contributed by atoms with Crippen molar-refractivity contribution in [2.45, 2.75) is 18.8 Å². The van der Waals surface area contributed by atoms with Gasteiger partial charge in [0, 0.05) is 36.4 Å². The maximum atomic E-state index is 13.0. The van der Waals surface area contributed by atoms with Crippen LogP contribution in [0.5, 0.6) is 11.5 Å². The Bertz CT molecular complexity index is 1160. The van der Waals surface area contributed by atoms with Crippen molar-refractivity contribution in [3.05, 3.63) is 58.3 Å². The zero-order valence-corrected chi connectivity index (χ0v) is 19.5. The van der Waals surface area contributed by atoms with Crippen LogP contribution < -0.4 is 20.1 Å². The van der Waals surface area contributed by atoms with E-state index in [1.807, 2.05) is 0 Å². The molecule has 0 unspecified atom stereocenters. The van der Waals surface area contributed by atoms with Crippen molar-refractivity contribution >= 4 is 34.6 Å². The molecule has 0 spiro atoms. The van der Waals surface area contributed by atoms with E-state index in [2.05, 4.69) is 20.8 Å². The molecule has 0 aliphatic carbocycles. The number of nitrogens with zero attached hydrogens (tertiary/aromatic N) is 3. The molecule has 9 nitrogen and oxygen atoms in total. The molecule has 4 rings (SSSR count). The molecule has 1 aliphatic heterocycles. The number of anilines is 2. The van der Waals surface area contributed by atoms with Crippen molar-refractivity contribution in [3.8, 4) is 11.5 Å². The fraction of sp³-hybridized carbons (Fsp3) is 0.304. The molecule has 11 heteroatoms. The fourth-order valence-electron chi connectivity index (χ4n) is 3.66. The predicted molar refractivity (Wildman–Crippen MR) is 126 cm³/mol. The highest BCUT2D eigenvalue weighted by Crippen LogP contribution is 2.32. The molecule has 1 aliphatic rings. The Morgan fingerprint density at radius 1 is 0.971 bits per heavy atom. The number of rotatable bonds is 6. The highest BCUT2D eigenvalue weighted by Gasteiger charge is 2.27. The molecule has 3 aromatic rings. The second-order valence-corrected chi connectivity index (χ2v) is 8.68. The summed E-state index contributed by atoms with van der Waals surface area (Å²) in [5, 5.41) is 14.8. The minimum Gasteiger partial charge on any atom is -0.493 e. The van der Waals surface area contributed by atoms with Gasteiger partial charge in [-0.2, -0.15) is 0 Å². The number of piperidine rings is 1. The fourth-order valence-corrected chi connectivity index (χ4v) is 4.56.